The first-order valence-electron chi connectivity index (χ1n) is 9.36. The Balaban J connectivity index is 2.09. The van der Waals surface area contributed by atoms with Gasteiger partial charge in [0.25, 0.3) is 5.91 Å². The maximum Gasteiger partial charge on any atom is 0.338 e. The monoisotopic (exact) mass is 486 g/mol. The van der Waals surface area contributed by atoms with Crippen LogP contribution in [0, 0.1) is 0 Å². The molecular weight excluding hydrogens is 463 g/mol. The standard InChI is InChI=1S/C21H24Cl2N2O5S/c1-13(19(26)24-12-15-7-5-6-8-16(15)22)30-20(27)14-9-10-17(23)18(11-14)31(28,29)25-21(2,3)4/h5-11,13,25H,12H2,1-4H3,(H,24,26). The zero-order chi connectivity index (χ0) is 23.4. The Morgan fingerprint density at radius 1 is 1.06 bits per heavy atom. The zero-order valence-corrected chi connectivity index (χ0v) is 19.9. The molecule has 0 fully saturated rings. The minimum atomic E-state index is -3.97. The molecule has 0 aromatic heterocycles. The van der Waals surface area contributed by atoms with Gasteiger partial charge in [0.15, 0.2) is 6.10 Å². The van der Waals surface area contributed by atoms with Gasteiger partial charge < -0.3 is 10.1 Å². The zero-order valence-electron chi connectivity index (χ0n) is 17.5. The molecular formula is C21H24Cl2N2O5S. The molecule has 2 rings (SSSR count). The molecule has 2 N–H and O–H groups in total. The number of carbonyl (C=O) groups is 2. The molecule has 0 saturated carbocycles. The fraction of sp³-hybridized carbons (Fsp3) is 0.333. The summed E-state index contributed by atoms with van der Waals surface area (Å²) in [5, 5.41) is 3.10. The van der Waals surface area contributed by atoms with Crippen molar-refractivity contribution in [1.82, 2.24) is 10.0 Å². The van der Waals surface area contributed by atoms with E-state index in [1.165, 1.54) is 19.1 Å². The summed E-state index contributed by atoms with van der Waals surface area (Å²) in [5.41, 5.74) is -0.0770. The van der Waals surface area contributed by atoms with Crippen molar-refractivity contribution in [3.63, 3.8) is 0 Å². The van der Waals surface area contributed by atoms with E-state index in [4.69, 9.17) is 27.9 Å². The van der Waals surface area contributed by atoms with Gasteiger partial charge >= 0.3 is 5.97 Å². The van der Waals surface area contributed by atoms with Crippen LogP contribution in [0.1, 0.15) is 43.6 Å². The van der Waals surface area contributed by atoms with Gasteiger partial charge in [0.05, 0.1) is 10.6 Å². The number of carbonyl (C=O) groups excluding carboxylic acids is 2. The number of halogens is 2. The molecule has 31 heavy (non-hydrogen) atoms. The molecule has 10 heteroatoms. The lowest BCUT2D eigenvalue weighted by molar-refractivity contribution is -0.129. The second-order valence-corrected chi connectivity index (χ2v) is 10.3. The number of hydrogen-bond acceptors (Lipinski definition) is 5. The summed E-state index contributed by atoms with van der Waals surface area (Å²) in [7, 11) is -3.97. The first kappa shape index (κ1) is 25.1. The van der Waals surface area contributed by atoms with Crippen molar-refractivity contribution < 1.29 is 22.7 Å². The van der Waals surface area contributed by atoms with Crippen molar-refractivity contribution in [3.05, 3.63) is 63.6 Å². The first-order chi connectivity index (χ1) is 14.3. The van der Waals surface area contributed by atoms with Crippen LogP contribution >= 0.6 is 23.2 Å². The van der Waals surface area contributed by atoms with Crippen molar-refractivity contribution in [3.8, 4) is 0 Å². The lowest BCUT2D eigenvalue weighted by Gasteiger charge is -2.21. The molecule has 1 amide bonds. The first-order valence-corrected chi connectivity index (χ1v) is 11.6. The van der Waals surface area contributed by atoms with E-state index in [1.807, 2.05) is 0 Å². The van der Waals surface area contributed by atoms with Crippen LogP contribution in [-0.4, -0.2) is 31.9 Å². The minimum Gasteiger partial charge on any atom is -0.449 e. The molecule has 0 saturated heterocycles. The van der Waals surface area contributed by atoms with Crippen LogP contribution in [0.4, 0.5) is 0 Å². The van der Waals surface area contributed by atoms with Gasteiger partial charge in [0.1, 0.15) is 4.90 Å². The van der Waals surface area contributed by atoms with E-state index in [0.29, 0.717) is 5.02 Å². The summed E-state index contributed by atoms with van der Waals surface area (Å²) in [6, 6.07) is 10.8. The molecule has 0 aliphatic carbocycles. The third-order valence-corrected chi connectivity index (χ3v) is 6.57. The number of sulfonamides is 1. The number of ether oxygens (including phenoxy) is 1. The lowest BCUT2D eigenvalue weighted by atomic mass is 10.1. The summed E-state index contributed by atoms with van der Waals surface area (Å²) >= 11 is 12.1. The maximum absolute atomic E-state index is 12.6. The summed E-state index contributed by atoms with van der Waals surface area (Å²) in [5.74, 6) is -1.38. The number of amides is 1. The second kappa shape index (κ2) is 9.99. The van der Waals surface area contributed by atoms with Crippen molar-refractivity contribution >= 4 is 45.1 Å². The Hall–Kier alpha value is -2.13. The molecule has 1 unspecified atom stereocenters. The van der Waals surface area contributed by atoms with Crippen LogP contribution in [0.3, 0.4) is 0 Å². The Labute approximate surface area is 192 Å². The van der Waals surface area contributed by atoms with E-state index in [0.717, 1.165) is 11.6 Å². The van der Waals surface area contributed by atoms with E-state index >= 15 is 0 Å². The van der Waals surface area contributed by atoms with Crippen LogP contribution in [0.2, 0.25) is 10.0 Å². The molecule has 0 spiro atoms. The Morgan fingerprint density at radius 3 is 2.32 bits per heavy atom. The molecule has 0 bridgehead atoms. The predicted octanol–water partition coefficient (Wildman–Crippen LogP) is 3.93. The van der Waals surface area contributed by atoms with Crippen molar-refractivity contribution in [2.75, 3.05) is 0 Å². The number of nitrogens with one attached hydrogen (secondary N) is 2. The number of benzene rings is 2. The second-order valence-electron chi connectivity index (χ2n) is 7.86. The average Bonchev–Trinajstić information content (AvgIpc) is 2.65. The molecule has 1 atom stereocenters. The number of rotatable bonds is 7. The molecule has 0 aliphatic rings. The molecule has 0 aliphatic heterocycles. The highest BCUT2D eigenvalue weighted by molar-refractivity contribution is 7.89. The number of esters is 1. The normalized spacial score (nSPS) is 12.8. The van der Waals surface area contributed by atoms with E-state index in [9.17, 15) is 18.0 Å². The minimum absolute atomic E-state index is 0.0427. The van der Waals surface area contributed by atoms with E-state index in [1.54, 1.807) is 45.0 Å². The molecule has 2 aromatic carbocycles. The highest BCUT2D eigenvalue weighted by atomic mass is 35.5. The van der Waals surface area contributed by atoms with Crippen LogP contribution in [0.25, 0.3) is 0 Å². The van der Waals surface area contributed by atoms with Crippen molar-refractivity contribution in [2.45, 2.75) is 50.8 Å². The SMILES string of the molecule is CC(OC(=O)c1ccc(Cl)c(S(=O)(=O)NC(C)(C)C)c1)C(=O)NCc1ccccc1Cl. The third-order valence-electron chi connectivity index (χ3n) is 3.96. The van der Waals surface area contributed by atoms with Gasteiger partial charge in [-0.3, -0.25) is 4.79 Å². The molecule has 0 radical (unpaired) electrons. The van der Waals surface area contributed by atoms with E-state index in [2.05, 4.69) is 10.0 Å². The maximum atomic E-state index is 12.6. The highest BCUT2D eigenvalue weighted by Crippen LogP contribution is 2.24. The quantitative estimate of drug-likeness (QED) is 0.577. The summed E-state index contributed by atoms with van der Waals surface area (Å²) in [4.78, 5) is 24.5. The smallest absolute Gasteiger partial charge is 0.338 e. The predicted molar refractivity (Wildman–Crippen MR) is 120 cm³/mol. The Bertz CT molecular complexity index is 1080. The van der Waals surface area contributed by atoms with E-state index in [-0.39, 0.29) is 22.0 Å². The van der Waals surface area contributed by atoms with Gasteiger partial charge in [-0.25, -0.2) is 17.9 Å². The van der Waals surface area contributed by atoms with Gasteiger partial charge in [-0.05, 0) is 57.5 Å². The van der Waals surface area contributed by atoms with Gasteiger partial charge in [-0.1, -0.05) is 41.4 Å². The van der Waals surface area contributed by atoms with E-state index < -0.39 is 33.5 Å². The van der Waals surface area contributed by atoms with Gasteiger partial charge in [0.2, 0.25) is 10.0 Å². The third kappa shape index (κ3) is 7.21. The molecule has 0 heterocycles. The summed E-state index contributed by atoms with van der Waals surface area (Å²) in [6.07, 6.45) is -1.11. The number of hydrogen-bond donors (Lipinski definition) is 2. The van der Waals surface area contributed by atoms with Crippen molar-refractivity contribution in [2.24, 2.45) is 0 Å². The van der Waals surface area contributed by atoms with Gasteiger partial charge in [-0.15, -0.1) is 0 Å². The fourth-order valence-electron chi connectivity index (χ4n) is 2.54. The topological polar surface area (TPSA) is 102 Å². The van der Waals surface area contributed by atoms with Crippen molar-refractivity contribution in [1.29, 1.82) is 0 Å². The fourth-order valence-corrected chi connectivity index (χ4v) is 4.69. The van der Waals surface area contributed by atoms with Gasteiger partial charge in [-0.2, -0.15) is 0 Å². The highest BCUT2D eigenvalue weighted by Gasteiger charge is 2.26. The largest absolute Gasteiger partial charge is 0.449 e. The Morgan fingerprint density at radius 2 is 1.71 bits per heavy atom. The van der Waals surface area contributed by atoms with Crippen LogP contribution in [0.5, 0.6) is 0 Å². The molecule has 2 aromatic rings. The van der Waals surface area contributed by atoms with Gasteiger partial charge in [0, 0.05) is 17.1 Å². The average molecular weight is 487 g/mol. The van der Waals surface area contributed by atoms with Crippen LogP contribution in [-0.2, 0) is 26.1 Å². The van der Waals surface area contributed by atoms with Crippen LogP contribution in [0.15, 0.2) is 47.4 Å². The molecule has 7 nitrogen and oxygen atoms in total. The Kier molecular flexibility index (Phi) is 8.10. The molecule has 168 valence electrons. The summed E-state index contributed by atoms with van der Waals surface area (Å²) in [6.45, 7) is 6.62. The van der Waals surface area contributed by atoms with Crippen LogP contribution < -0.4 is 10.0 Å². The summed E-state index contributed by atoms with van der Waals surface area (Å²) < 4.78 is 32.9. The lowest BCUT2D eigenvalue weighted by Crippen LogP contribution is -2.40.